The Kier molecular flexibility index (Phi) is 5.86. The van der Waals surface area contributed by atoms with Crippen molar-refractivity contribution >= 4 is 28.6 Å². The highest BCUT2D eigenvalue weighted by Crippen LogP contribution is 2.30. The lowest BCUT2D eigenvalue weighted by molar-refractivity contribution is 0.0777. The summed E-state index contributed by atoms with van der Waals surface area (Å²) in [6.45, 7) is 4.32. The van der Waals surface area contributed by atoms with E-state index in [4.69, 9.17) is 0 Å². The molecule has 4 rings (SSSR count). The summed E-state index contributed by atoms with van der Waals surface area (Å²) in [4.78, 5) is 39.8. The molecule has 0 aliphatic carbocycles. The molecule has 2 aromatic carbocycles. The van der Waals surface area contributed by atoms with Crippen LogP contribution in [0.1, 0.15) is 27.3 Å². The van der Waals surface area contributed by atoms with E-state index in [1.54, 1.807) is 43.6 Å². The number of para-hydroxylation sites is 1. The summed E-state index contributed by atoms with van der Waals surface area (Å²) in [5, 5.41) is 1.17. The number of pyridine rings is 1. The van der Waals surface area contributed by atoms with Crippen molar-refractivity contribution in [2.45, 2.75) is 30.3 Å². The molecule has 0 aliphatic heterocycles. The third kappa shape index (κ3) is 4.51. The molecule has 4 aromatic rings. The summed E-state index contributed by atoms with van der Waals surface area (Å²) in [6.07, 6.45) is 1.68. The first-order chi connectivity index (χ1) is 14.9. The summed E-state index contributed by atoms with van der Waals surface area (Å²) in [5.74, 6) is 0.252. The zero-order chi connectivity index (χ0) is 22.0. The van der Waals surface area contributed by atoms with Gasteiger partial charge in [-0.15, -0.1) is 0 Å². The molecule has 0 radical (unpaired) electrons. The van der Waals surface area contributed by atoms with Crippen LogP contribution in [-0.4, -0.2) is 32.8 Å². The number of nitrogens with zero attached hydrogens (tertiary/aromatic N) is 3. The SMILES string of the molecule is Cc1ccc(Sc2ncccc2C(=O)N(C)Cc2nc3ccccc3c(=O)[nH]2)cc1C. The Morgan fingerprint density at radius 3 is 2.68 bits per heavy atom. The number of carbonyl (C=O) groups excluding carboxylic acids is 1. The minimum atomic E-state index is -0.214. The number of hydrogen-bond acceptors (Lipinski definition) is 5. The molecule has 7 heteroatoms. The fraction of sp³-hybridized carbons (Fsp3) is 0.167. The summed E-state index contributed by atoms with van der Waals surface area (Å²) in [5.41, 5.74) is 3.31. The Morgan fingerprint density at radius 2 is 1.87 bits per heavy atom. The van der Waals surface area contributed by atoms with Crippen molar-refractivity contribution in [2.24, 2.45) is 0 Å². The van der Waals surface area contributed by atoms with Crippen molar-refractivity contribution in [1.82, 2.24) is 19.9 Å². The average Bonchev–Trinajstić information content (AvgIpc) is 2.76. The van der Waals surface area contributed by atoms with Gasteiger partial charge in [0.05, 0.1) is 23.0 Å². The predicted molar refractivity (Wildman–Crippen MR) is 122 cm³/mol. The van der Waals surface area contributed by atoms with E-state index >= 15 is 0 Å². The summed E-state index contributed by atoms with van der Waals surface area (Å²) >= 11 is 1.46. The maximum atomic E-state index is 13.2. The molecule has 2 aromatic heterocycles. The second-order valence-corrected chi connectivity index (χ2v) is 8.46. The van der Waals surface area contributed by atoms with E-state index in [0.717, 1.165) is 4.90 Å². The minimum absolute atomic E-state index is 0.182. The highest BCUT2D eigenvalue weighted by molar-refractivity contribution is 7.99. The Bertz CT molecular complexity index is 1330. The van der Waals surface area contributed by atoms with E-state index in [9.17, 15) is 9.59 Å². The number of carbonyl (C=O) groups is 1. The monoisotopic (exact) mass is 430 g/mol. The van der Waals surface area contributed by atoms with Crippen LogP contribution < -0.4 is 5.56 Å². The van der Waals surface area contributed by atoms with Crippen LogP contribution in [0.4, 0.5) is 0 Å². The molecule has 0 aliphatic rings. The third-order valence-electron chi connectivity index (χ3n) is 5.09. The molecule has 0 unspecified atom stereocenters. The number of H-pyrrole nitrogens is 1. The molecular weight excluding hydrogens is 408 g/mol. The van der Waals surface area contributed by atoms with Gasteiger partial charge in [0.2, 0.25) is 0 Å². The topological polar surface area (TPSA) is 79.0 Å². The minimum Gasteiger partial charge on any atom is -0.334 e. The second-order valence-electron chi connectivity index (χ2n) is 7.40. The summed E-state index contributed by atoms with van der Waals surface area (Å²) in [7, 11) is 1.69. The lowest BCUT2D eigenvalue weighted by Gasteiger charge is -2.18. The summed E-state index contributed by atoms with van der Waals surface area (Å²) < 4.78 is 0. The lowest BCUT2D eigenvalue weighted by Crippen LogP contribution is -2.29. The van der Waals surface area contributed by atoms with Gasteiger partial charge in [0.15, 0.2) is 0 Å². The Balaban J connectivity index is 1.58. The first-order valence-corrected chi connectivity index (χ1v) is 10.7. The molecule has 0 fully saturated rings. The van der Waals surface area contributed by atoms with Crippen LogP contribution >= 0.6 is 11.8 Å². The van der Waals surface area contributed by atoms with Crippen LogP contribution in [0.5, 0.6) is 0 Å². The van der Waals surface area contributed by atoms with Crippen molar-refractivity contribution in [3.05, 3.63) is 93.7 Å². The fourth-order valence-electron chi connectivity index (χ4n) is 3.24. The molecule has 1 N–H and O–H groups in total. The van der Waals surface area contributed by atoms with E-state index in [0.29, 0.717) is 27.3 Å². The van der Waals surface area contributed by atoms with Crippen LogP contribution in [0.3, 0.4) is 0 Å². The number of rotatable bonds is 5. The maximum Gasteiger partial charge on any atom is 0.258 e. The number of aryl methyl sites for hydroxylation is 2. The largest absolute Gasteiger partial charge is 0.334 e. The van der Waals surface area contributed by atoms with Crippen molar-refractivity contribution in [3.8, 4) is 0 Å². The smallest absolute Gasteiger partial charge is 0.258 e. The van der Waals surface area contributed by atoms with Crippen LogP contribution in [0.2, 0.25) is 0 Å². The molecule has 0 spiro atoms. The number of nitrogens with one attached hydrogen (secondary N) is 1. The Labute approximate surface area is 184 Å². The van der Waals surface area contributed by atoms with Crippen molar-refractivity contribution < 1.29 is 4.79 Å². The standard InChI is InChI=1S/C24H22N4O2S/c1-15-10-11-17(13-16(15)2)31-23-19(8-6-12-25-23)24(30)28(3)14-21-26-20-9-5-4-7-18(20)22(29)27-21/h4-13H,14H2,1-3H3,(H,26,27,29). The molecule has 6 nitrogen and oxygen atoms in total. The molecule has 2 heterocycles. The molecule has 0 atom stereocenters. The third-order valence-corrected chi connectivity index (χ3v) is 6.10. The zero-order valence-corrected chi connectivity index (χ0v) is 18.4. The van der Waals surface area contributed by atoms with E-state index in [1.807, 2.05) is 12.1 Å². The first kappa shape index (κ1) is 20.8. The van der Waals surface area contributed by atoms with E-state index in [1.165, 1.54) is 27.8 Å². The van der Waals surface area contributed by atoms with E-state index in [2.05, 4.69) is 40.9 Å². The van der Waals surface area contributed by atoms with Crippen molar-refractivity contribution in [1.29, 1.82) is 0 Å². The van der Waals surface area contributed by atoms with Gasteiger partial charge in [-0.3, -0.25) is 9.59 Å². The molecule has 156 valence electrons. The molecule has 1 amide bonds. The number of hydrogen-bond donors (Lipinski definition) is 1. The zero-order valence-electron chi connectivity index (χ0n) is 17.5. The molecule has 31 heavy (non-hydrogen) atoms. The molecule has 0 saturated heterocycles. The van der Waals surface area contributed by atoms with Crippen LogP contribution in [0.15, 0.2) is 75.5 Å². The Hall–Kier alpha value is -3.45. The highest BCUT2D eigenvalue weighted by atomic mass is 32.2. The van der Waals surface area contributed by atoms with Gasteiger partial charge >= 0.3 is 0 Å². The number of aromatic nitrogens is 3. The molecule has 0 bridgehead atoms. The van der Waals surface area contributed by atoms with Crippen molar-refractivity contribution in [3.63, 3.8) is 0 Å². The van der Waals surface area contributed by atoms with Crippen molar-refractivity contribution in [2.75, 3.05) is 7.05 Å². The van der Waals surface area contributed by atoms with E-state index < -0.39 is 0 Å². The first-order valence-electron chi connectivity index (χ1n) is 9.86. The van der Waals surface area contributed by atoms with Crippen LogP contribution in [0, 0.1) is 13.8 Å². The quantitative estimate of drug-likeness (QED) is 0.509. The Morgan fingerprint density at radius 1 is 1.06 bits per heavy atom. The van der Waals surface area contributed by atoms with Crippen LogP contribution in [-0.2, 0) is 6.54 Å². The molecule has 0 saturated carbocycles. The normalized spacial score (nSPS) is 10.9. The maximum absolute atomic E-state index is 13.2. The van der Waals surface area contributed by atoms with Gasteiger partial charge in [-0.1, -0.05) is 30.0 Å². The van der Waals surface area contributed by atoms with Gasteiger partial charge in [0.25, 0.3) is 11.5 Å². The van der Waals surface area contributed by atoms with Gasteiger partial charge < -0.3 is 9.88 Å². The van der Waals surface area contributed by atoms with Crippen LogP contribution in [0.25, 0.3) is 10.9 Å². The van der Waals surface area contributed by atoms with Gasteiger partial charge in [-0.25, -0.2) is 9.97 Å². The second kappa shape index (κ2) is 8.73. The predicted octanol–water partition coefficient (Wildman–Crippen LogP) is 4.36. The number of amides is 1. The summed E-state index contributed by atoms with van der Waals surface area (Å²) in [6, 6.07) is 16.9. The van der Waals surface area contributed by atoms with E-state index in [-0.39, 0.29) is 18.0 Å². The van der Waals surface area contributed by atoms with Gasteiger partial charge in [0, 0.05) is 18.1 Å². The van der Waals surface area contributed by atoms with Gasteiger partial charge in [-0.05, 0) is 61.4 Å². The van der Waals surface area contributed by atoms with Gasteiger partial charge in [-0.2, -0.15) is 0 Å². The lowest BCUT2D eigenvalue weighted by atomic mass is 10.1. The average molecular weight is 431 g/mol. The number of fused-ring (bicyclic) bond motifs is 1. The highest BCUT2D eigenvalue weighted by Gasteiger charge is 2.19. The molecular formula is C24H22N4O2S. The van der Waals surface area contributed by atoms with Gasteiger partial charge in [0.1, 0.15) is 10.9 Å². The number of benzene rings is 2. The number of aromatic amines is 1. The fourth-order valence-corrected chi connectivity index (χ4v) is 4.21.